The second-order valence-electron chi connectivity index (χ2n) is 5.83. The Balaban J connectivity index is 2.15. The lowest BCUT2D eigenvalue weighted by molar-refractivity contribution is 0.416. The van der Waals surface area contributed by atoms with Gasteiger partial charge in [-0.25, -0.2) is 4.68 Å². The van der Waals surface area contributed by atoms with E-state index in [2.05, 4.69) is 73.1 Å². The molecule has 1 aromatic carbocycles. The number of benzene rings is 1. The first-order valence-electron chi connectivity index (χ1n) is 7.42. The minimum atomic E-state index is 0.462. The van der Waals surface area contributed by atoms with Gasteiger partial charge < -0.3 is 5.32 Å². The highest BCUT2D eigenvalue weighted by molar-refractivity contribution is 5.33. The molecule has 108 valence electrons. The minimum Gasteiger partial charge on any atom is -0.314 e. The number of hydrogen-bond donors (Lipinski definition) is 1. The van der Waals surface area contributed by atoms with Crippen LogP contribution >= 0.6 is 0 Å². The standard InChI is InChI=1S/C17H25N3/c1-13(2)18-12-14(3)15(4)17-10-11-19-20(17)16-8-6-5-7-9-16/h5-11,13-15,18H,12H2,1-4H3. The Labute approximate surface area is 122 Å². The normalized spacial score (nSPS) is 14.4. The zero-order chi connectivity index (χ0) is 14.5. The lowest BCUT2D eigenvalue weighted by atomic mass is 9.92. The van der Waals surface area contributed by atoms with E-state index in [4.69, 9.17) is 0 Å². The van der Waals surface area contributed by atoms with Crippen molar-refractivity contribution in [1.82, 2.24) is 15.1 Å². The molecule has 0 aliphatic rings. The summed E-state index contributed by atoms with van der Waals surface area (Å²) >= 11 is 0. The Morgan fingerprint density at radius 3 is 2.40 bits per heavy atom. The molecule has 3 nitrogen and oxygen atoms in total. The van der Waals surface area contributed by atoms with Gasteiger partial charge in [-0.1, -0.05) is 45.9 Å². The van der Waals surface area contributed by atoms with Crippen molar-refractivity contribution in [3.05, 3.63) is 48.3 Å². The SMILES string of the molecule is CC(C)NCC(C)C(C)c1ccnn1-c1ccccc1. The highest BCUT2D eigenvalue weighted by Crippen LogP contribution is 2.25. The molecule has 0 aliphatic carbocycles. The fourth-order valence-electron chi connectivity index (χ4n) is 2.33. The van der Waals surface area contributed by atoms with Crippen LogP contribution in [0.5, 0.6) is 0 Å². The smallest absolute Gasteiger partial charge is 0.0648 e. The lowest BCUT2D eigenvalue weighted by Crippen LogP contribution is -2.30. The third-order valence-corrected chi connectivity index (χ3v) is 3.84. The second kappa shape index (κ2) is 6.71. The number of hydrogen-bond acceptors (Lipinski definition) is 2. The van der Waals surface area contributed by atoms with Gasteiger partial charge in [-0.05, 0) is 30.7 Å². The number of rotatable bonds is 6. The van der Waals surface area contributed by atoms with Gasteiger partial charge in [0.2, 0.25) is 0 Å². The molecule has 20 heavy (non-hydrogen) atoms. The molecule has 0 fully saturated rings. The topological polar surface area (TPSA) is 29.9 Å². The molecule has 0 aliphatic heterocycles. The van der Waals surface area contributed by atoms with E-state index in [0.717, 1.165) is 12.2 Å². The summed E-state index contributed by atoms with van der Waals surface area (Å²) in [5, 5.41) is 8.00. The van der Waals surface area contributed by atoms with E-state index in [9.17, 15) is 0 Å². The second-order valence-corrected chi connectivity index (χ2v) is 5.83. The fourth-order valence-corrected chi connectivity index (χ4v) is 2.33. The molecule has 1 N–H and O–H groups in total. The maximum absolute atomic E-state index is 4.48. The zero-order valence-electron chi connectivity index (χ0n) is 12.9. The first-order valence-corrected chi connectivity index (χ1v) is 7.42. The molecule has 1 aromatic heterocycles. The lowest BCUT2D eigenvalue weighted by Gasteiger charge is -2.22. The summed E-state index contributed by atoms with van der Waals surface area (Å²) in [7, 11) is 0. The Hall–Kier alpha value is -1.61. The Kier molecular flexibility index (Phi) is 4.96. The molecule has 0 bridgehead atoms. The van der Waals surface area contributed by atoms with Crippen LogP contribution < -0.4 is 5.32 Å². The fraction of sp³-hybridized carbons (Fsp3) is 0.471. The molecule has 1 heterocycles. The van der Waals surface area contributed by atoms with E-state index in [-0.39, 0.29) is 0 Å². The molecule has 0 saturated heterocycles. The van der Waals surface area contributed by atoms with Gasteiger partial charge in [-0.3, -0.25) is 0 Å². The largest absolute Gasteiger partial charge is 0.314 e. The number of nitrogens with zero attached hydrogens (tertiary/aromatic N) is 2. The summed E-state index contributed by atoms with van der Waals surface area (Å²) < 4.78 is 2.05. The van der Waals surface area contributed by atoms with E-state index in [1.54, 1.807) is 0 Å². The third kappa shape index (κ3) is 3.48. The average molecular weight is 271 g/mol. The predicted molar refractivity (Wildman–Crippen MR) is 84.3 cm³/mol. The average Bonchev–Trinajstić information content (AvgIpc) is 2.94. The van der Waals surface area contributed by atoms with Gasteiger partial charge in [0.05, 0.1) is 5.69 Å². The van der Waals surface area contributed by atoms with Crippen molar-refractivity contribution >= 4 is 0 Å². The highest BCUT2D eigenvalue weighted by Gasteiger charge is 2.19. The summed E-state index contributed by atoms with van der Waals surface area (Å²) in [6.45, 7) is 9.97. The third-order valence-electron chi connectivity index (χ3n) is 3.84. The molecule has 3 heteroatoms. The van der Waals surface area contributed by atoms with Gasteiger partial charge in [-0.2, -0.15) is 5.10 Å². The van der Waals surface area contributed by atoms with Crippen molar-refractivity contribution in [2.24, 2.45) is 5.92 Å². The van der Waals surface area contributed by atoms with Crippen molar-refractivity contribution in [2.75, 3.05) is 6.54 Å². The van der Waals surface area contributed by atoms with Crippen molar-refractivity contribution in [2.45, 2.75) is 39.7 Å². The molecular formula is C17H25N3. The molecule has 2 unspecified atom stereocenters. The van der Waals surface area contributed by atoms with Crippen molar-refractivity contribution in [3.8, 4) is 5.69 Å². The Morgan fingerprint density at radius 2 is 1.75 bits per heavy atom. The maximum atomic E-state index is 4.48. The summed E-state index contributed by atoms with van der Waals surface area (Å²) in [6, 6.07) is 13.0. The quantitative estimate of drug-likeness (QED) is 0.870. The van der Waals surface area contributed by atoms with Gasteiger partial charge >= 0.3 is 0 Å². The van der Waals surface area contributed by atoms with Crippen LogP contribution in [0, 0.1) is 5.92 Å². The molecule has 2 aromatic rings. The molecule has 0 spiro atoms. The molecule has 0 radical (unpaired) electrons. The summed E-state index contributed by atoms with van der Waals surface area (Å²) in [4.78, 5) is 0. The van der Waals surface area contributed by atoms with Gasteiger partial charge in [-0.15, -0.1) is 0 Å². The molecule has 0 amide bonds. The van der Waals surface area contributed by atoms with Crippen molar-refractivity contribution in [3.63, 3.8) is 0 Å². The van der Waals surface area contributed by atoms with Crippen LogP contribution in [-0.2, 0) is 0 Å². The molecule has 2 atom stereocenters. The minimum absolute atomic E-state index is 0.462. The first-order chi connectivity index (χ1) is 9.59. The van der Waals surface area contributed by atoms with Crippen molar-refractivity contribution < 1.29 is 0 Å². The Morgan fingerprint density at radius 1 is 1.05 bits per heavy atom. The van der Waals surface area contributed by atoms with Gasteiger partial charge in [0.1, 0.15) is 0 Å². The van der Waals surface area contributed by atoms with E-state index in [1.807, 2.05) is 12.3 Å². The predicted octanol–water partition coefficient (Wildman–Crippen LogP) is 3.61. The van der Waals surface area contributed by atoms with Crippen LogP contribution in [0.15, 0.2) is 42.6 Å². The molecule has 0 saturated carbocycles. The summed E-state index contributed by atoms with van der Waals surface area (Å²) in [6.07, 6.45) is 1.89. The van der Waals surface area contributed by atoms with Crippen LogP contribution in [0.25, 0.3) is 5.69 Å². The number of para-hydroxylation sites is 1. The van der Waals surface area contributed by atoms with Gasteiger partial charge in [0.15, 0.2) is 0 Å². The van der Waals surface area contributed by atoms with E-state index >= 15 is 0 Å². The summed E-state index contributed by atoms with van der Waals surface area (Å²) in [5.41, 5.74) is 2.40. The van der Waals surface area contributed by atoms with Crippen LogP contribution in [-0.4, -0.2) is 22.4 Å². The molecule has 2 rings (SSSR count). The van der Waals surface area contributed by atoms with Crippen molar-refractivity contribution in [1.29, 1.82) is 0 Å². The maximum Gasteiger partial charge on any atom is 0.0648 e. The molecular weight excluding hydrogens is 246 g/mol. The van der Waals surface area contributed by atoms with E-state index < -0.39 is 0 Å². The van der Waals surface area contributed by atoms with Crippen LogP contribution in [0.2, 0.25) is 0 Å². The van der Waals surface area contributed by atoms with Crippen LogP contribution in [0.1, 0.15) is 39.3 Å². The van der Waals surface area contributed by atoms with Crippen LogP contribution in [0.3, 0.4) is 0 Å². The first kappa shape index (κ1) is 14.8. The van der Waals surface area contributed by atoms with Gasteiger partial charge in [0, 0.05) is 23.9 Å². The number of aromatic nitrogens is 2. The van der Waals surface area contributed by atoms with Gasteiger partial charge in [0.25, 0.3) is 0 Å². The number of nitrogens with one attached hydrogen (secondary N) is 1. The van der Waals surface area contributed by atoms with Crippen LogP contribution in [0.4, 0.5) is 0 Å². The zero-order valence-corrected chi connectivity index (χ0v) is 12.9. The van der Waals surface area contributed by atoms with E-state index in [1.165, 1.54) is 5.69 Å². The van der Waals surface area contributed by atoms with E-state index in [0.29, 0.717) is 17.9 Å². The summed E-state index contributed by atoms with van der Waals surface area (Å²) in [5.74, 6) is 1.03. The Bertz CT molecular complexity index is 516. The highest BCUT2D eigenvalue weighted by atomic mass is 15.3. The monoisotopic (exact) mass is 271 g/mol.